The van der Waals surface area contributed by atoms with E-state index in [-0.39, 0.29) is 23.8 Å². The average Bonchev–Trinajstić information content (AvgIpc) is 3.35. The van der Waals surface area contributed by atoms with Crippen LogP contribution in [0.2, 0.25) is 0 Å². The van der Waals surface area contributed by atoms with Gasteiger partial charge in [0, 0.05) is 34.4 Å². The number of aryl methyl sites for hydroxylation is 2. The third-order valence-electron chi connectivity index (χ3n) is 4.69. The first-order valence-corrected chi connectivity index (χ1v) is 10.1. The molecule has 0 atom stereocenters. The number of benzene rings is 1. The minimum Gasteiger partial charge on any atom is -0.326 e. The Labute approximate surface area is 175 Å². The first kappa shape index (κ1) is 19.6. The zero-order valence-electron chi connectivity index (χ0n) is 16.4. The van der Waals surface area contributed by atoms with E-state index in [1.807, 2.05) is 25.3 Å². The summed E-state index contributed by atoms with van der Waals surface area (Å²) in [4.78, 5) is 41.4. The van der Waals surface area contributed by atoms with E-state index in [9.17, 15) is 14.4 Å². The molecule has 0 unspecified atom stereocenters. The zero-order chi connectivity index (χ0) is 21.3. The van der Waals surface area contributed by atoms with Gasteiger partial charge in [0.05, 0.1) is 11.3 Å². The van der Waals surface area contributed by atoms with Crippen LogP contribution in [0.3, 0.4) is 0 Å². The summed E-state index contributed by atoms with van der Waals surface area (Å²) in [7, 11) is 0. The van der Waals surface area contributed by atoms with E-state index in [1.165, 1.54) is 17.4 Å². The van der Waals surface area contributed by atoms with Crippen molar-refractivity contribution in [3.63, 3.8) is 0 Å². The van der Waals surface area contributed by atoms with Crippen LogP contribution in [0.4, 0.5) is 11.4 Å². The maximum Gasteiger partial charge on any atom is 0.266 e. The summed E-state index contributed by atoms with van der Waals surface area (Å²) in [6.45, 7) is 3.65. The van der Waals surface area contributed by atoms with Crippen LogP contribution in [-0.4, -0.2) is 26.4 Å². The summed E-state index contributed by atoms with van der Waals surface area (Å²) in [5.74, 6) is -0.418. The lowest BCUT2D eigenvalue weighted by Crippen LogP contribution is -2.18. The van der Waals surface area contributed by atoms with Gasteiger partial charge in [0.25, 0.3) is 11.5 Å². The number of aromatic amines is 1. The molecule has 0 spiro atoms. The number of carbonyl (C=O) groups is 2. The number of hydrogen-bond donors (Lipinski definition) is 3. The summed E-state index contributed by atoms with van der Waals surface area (Å²) in [6.07, 6.45) is 0.104. The number of aromatic nitrogens is 3. The van der Waals surface area contributed by atoms with Crippen LogP contribution < -0.4 is 16.2 Å². The van der Waals surface area contributed by atoms with Crippen molar-refractivity contribution in [1.29, 1.82) is 0 Å². The fraction of sp³-hybridized carbons (Fsp3) is 0.143. The Balaban J connectivity index is 1.49. The largest absolute Gasteiger partial charge is 0.326 e. The minimum absolute atomic E-state index is 0.104. The van der Waals surface area contributed by atoms with Crippen LogP contribution in [0.5, 0.6) is 0 Å². The second-order valence-electron chi connectivity index (χ2n) is 6.81. The molecule has 2 amide bonds. The third-order valence-corrected chi connectivity index (χ3v) is 5.56. The molecule has 8 nitrogen and oxygen atoms in total. The van der Waals surface area contributed by atoms with Crippen molar-refractivity contribution >= 4 is 40.2 Å². The lowest BCUT2D eigenvalue weighted by molar-refractivity contribution is -0.115. The molecule has 0 bridgehead atoms. The van der Waals surface area contributed by atoms with Crippen LogP contribution in [0.25, 0.3) is 5.65 Å². The number of nitrogens with zero attached hydrogens (tertiary/aromatic N) is 2. The summed E-state index contributed by atoms with van der Waals surface area (Å²) in [5, 5.41) is 10.2. The van der Waals surface area contributed by atoms with Gasteiger partial charge in [-0.1, -0.05) is 12.1 Å². The van der Waals surface area contributed by atoms with Crippen molar-refractivity contribution in [1.82, 2.24) is 14.6 Å². The highest BCUT2D eigenvalue weighted by molar-refractivity contribution is 7.12. The molecule has 4 rings (SSSR count). The highest BCUT2D eigenvalue weighted by Gasteiger charge is 2.15. The molecule has 0 aliphatic carbocycles. The fourth-order valence-electron chi connectivity index (χ4n) is 3.25. The van der Waals surface area contributed by atoms with Crippen LogP contribution in [-0.2, 0) is 11.2 Å². The summed E-state index contributed by atoms with van der Waals surface area (Å²) in [5.41, 5.74) is 3.63. The summed E-state index contributed by atoms with van der Waals surface area (Å²) >= 11 is 1.36. The van der Waals surface area contributed by atoms with Gasteiger partial charge in [0.2, 0.25) is 5.91 Å². The number of fused-ring (bicyclic) bond motifs is 1. The Kier molecular flexibility index (Phi) is 5.20. The van der Waals surface area contributed by atoms with E-state index in [0.29, 0.717) is 27.6 Å². The molecule has 3 heterocycles. The first-order valence-electron chi connectivity index (χ1n) is 9.23. The normalized spacial score (nSPS) is 10.9. The van der Waals surface area contributed by atoms with Gasteiger partial charge in [0.15, 0.2) is 5.65 Å². The molecular formula is C21H19N5O3S. The first-order chi connectivity index (χ1) is 14.4. The minimum atomic E-state index is -0.243. The molecule has 30 heavy (non-hydrogen) atoms. The third kappa shape index (κ3) is 4.01. The Morgan fingerprint density at radius 1 is 1.10 bits per heavy atom. The van der Waals surface area contributed by atoms with E-state index in [1.54, 1.807) is 34.8 Å². The molecule has 1 aromatic carbocycles. The topological polar surface area (TPSA) is 108 Å². The average molecular weight is 421 g/mol. The van der Waals surface area contributed by atoms with E-state index in [4.69, 9.17) is 0 Å². The van der Waals surface area contributed by atoms with Crippen molar-refractivity contribution in [3.05, 3.63) is 80.0 Å². The summed E-state index contributed by atoms with van der Waals surface area (Å²) < 4.78 is 1.58. The number of nitrogens with one attached hydrogen (secondary N) is 3. The summed E-state index contributed by atoms with van der Waals surface area (Å²) in [6, 6.07) is 12.0. The van der Waals surface area contributed by atoms with Gasteiger partial charge in [-0.15, -0.1) is 11.3 Å². The molecule has 9 heteroatoms. The molecule has 152 valence electrons. The predicted molar refractivity (Wildman–Crippen MR) is 116 cm³/mol. The second-order valence-corrected chi connectivity index (χ2v) is 7.76. The zero-order valence-corrected chi connectivity index (χ0v) is 17.2. The van der Waals surface area contributed by atoms with Gasteiger partial charge in [-0.05, 0) is 43.5 Å². The monoisotopic (exact) mass is 421 g/mol. The van der Waals surface area contributed by atoms with Crippen molar-refractivity contribution in [2.45, 2.75) is 20.3 Å². The number of hydrogen-bond acceptors (Lipinski definition) is 5. The predicted octanol–water partition coefficient (Wildman–Crippen LogP) is 3.13. The molecule has 0 fully saturated rings. The molecule has 0 aliphatic rings. The lowest BCUT2D eigenvalue weighted by Gasteiger charge is -2.12. The van der Waals surface area contributed by atoms with Crippen molar-refractivity contribution in [2.75, 3.05) is 10.6 Å². The van der Waals surface area contributed by atoms with Crippen LogP contribution in [0, 0.1) is 13.8 Å². The van der Waals surface area contributed by atoms with Gasteiger partial charge in [-0.25, -0.2) is 9.50 Å². The van der Waals surface area contributed by atoms with Gasteiger partial charge in [0.1, 0.15) is 0 Å². The van der Waals surface area contributed by atoms with Crippen LogP contribution in [0.1, 0.15) is 26.6 Å². The van der Waals surface area contributed by atoms with Crippen LogP contribution in [0.15, 0.2) is 52.6 Å². The smallest absolute Gasteiger partial charge is 0.266 e. The van der Waals surface area contributed by atoms with Crippen molar-refractivity contribution in [3.8, 4) is 0 Å². The van der Waals surface area contributed by atoms with E-state index < -0.39 is 0 Å². The number of amides is 2. The molecular weight excluding hydrogens is 402 g/mol. The van der Waals surface area contributed by atoms with Crippen molar-refractivity contribution in [2.24, 2.45) is 0 Å². The van der Waals surface area contributed by atoms with Gasteiger partial charge in [-0.2, -0.15) is 0 Å². The molecule has 0 saturated heterocycles. The van der Waals surface area contributed by atoms with E-state index in [2.05, 4.69) is 20.7 Å². The second kappa shape index (κ2) is 7.96. The van der Waals surface area contributed by atoms with E-state index >= 15 is 0 Å². The fourth-order valence-corrected chi connectivity index (χ4v) is 3.87. The number of rotatable bonds is 5. The van der Waals surface area contributed by atoms with Crippen LogP contribution >= 0.6 is 11.3 Å². The Bertz CT molecular complexity index is 1300. The van der Waals surface area contributed by atoms with Gasteiger partial charge < -0.3 is 10.6 Å². The molecule has 0 aliphatic heterocycles. The highest BCUT2D eigenvalue weighted by atomic mass is 32.1. The molecule has 0 radical (unpaired) electrons. The molecule has 3 N–H and O–H groups in total. The quantitative estimate of drug-likeness (QED) is 0.460. The Morgan fingerprint density at radius 2 is 1.87 bits per heavy atom. The number of thiophene rings is 1. The molecule has 0 saturated carbocycles. The SMILES string of the molecule is Cc1nc2cc(=O)[nH]n2c(C)c1CC(=O)Nc1cccc(NC(=O)c2cccs2)c1. The standard InChI is InChI=1S/C21H19N5O3S/c1-12-16(13(2)26-18(22-12)11-20(28)25-26)10-19(27)23-14-5-3-6-15(9-14)24-21(29)17-7-4-8-30-17/h3-9,11H,10H2,1-2H3,(H,23,27)(H,24,29)(H,25,28). The number of carbonyl (C=O) groups excluding carboxylic acids is 2. The molecule has 4 aromatic rings. The Morgan fingerprint density at radius 3 is 2.60 bits per heavy atom. The number of H-pyrrole nitrogens is 1. The van der Waals surface area contributed by atoms with E-state index in [0.717, 1.165) is 11.3 Å². The van der Waals surface area contributed by atoms with Gasteiger partial charge in [-0.3, -0.25) is 19.5 Å². The maximum atomic E-state index is 12.6. The highest BCUT2D eigenvalue weighted by Crippen LogP contribution is 2.19. The van der Waals surface area contributed by atoms with Gasteiger partial charge >= 0.3 is 0 Å². The molecule has 3 aromatic heterocycles. The Hall–Kier alpha value is -3.72. The number of anilines is 2. The lowest BCUT2D eigenvalue weighted by atomic mass is 10.1. The maximum absolute atomic E-state index is 12.6. The van der Waals surface area contributed by atoms with Crippen molar-refractivity contribution < 1.29 is 9.59 Å².